The second-order valence-corrected chi connectivity index (χ2v) is 9.16. The maximum Gasteiger partial charge on any atom is 0.356 e. The minimum atomic E-state index is -1.99. The van der Waals surface area contributed by atoms with Crippen LogP contribution in [0.15, 0.2) is 0 Å². The molecule has 0 spiro atoms. The van der Waals surface area contributed by atoms with Crippen molar-refractivity contribution in [2.45, 2.75) is 63.3 Å². The Labute approximate surface area is 158 Å². The molecule has 9 nitrogen and oxygen atoms in total. The van der Waals surface area contributed by atoms with Crippen LogP contribution in [0.1, 0.15) is 39.5 Å². The van der Waals surface area contributed by atoms with Gasteiger partial charge in [0.25, 0.3) is 0 Å². The van der Waals surface area contributed by atoms with E-state index in [0.717, 1.165) is 12.8 Å². The molecule has 152 valence electrons. The van der Waals surface area contributed by atoms with Crippen LogP contribution >= 0.6 is 0 Å². The van der Waals surface area contributed by atoms with Crippen LogP contribution in [-0.2, 0) is 28.5 Å². The lowest BCUT2D eigenvalue weighted by molar-refractivity contribution is -0.174. The van der Waals surface area contributed by atoms with E-state index in [9.17, 15) is 9.59 Å². The molecule has 4 bridgehead atoms. The molecular weight excluding hydrogens is 354 g/mol. The molecule has 6 unspecified atom stereocenters. The minimum Gasteiger partial charge on any atom is -0.462 e. The number of esters is 2. The summed E-state index contributed by atoms with van der Waals surface area (Å²) in [7, 11) is 0. The monoisotopic (exact) mass is 383 g/mol. The molecule has 4 saturated carbocycles. The Morgan fingerprint density at radius 1 is 1.15 bits per heavy atom. The second kappa shape index (κ2) is 6.12. The van der Waals surface area contributed by atoms with E-state index in [1.54, 1.807) is 0 Å². The summed E-state index contributed by atoms with van der Waals surface area (Å²) in [6.07, 6.45) is 2.51. The van der Waals surface area contributed by atoms with Gasteiger partial charge in [-0.15, -0.1) is 0 Å². The van der Waals surface area contributed by atoms with Gasteiger partial charge in [-0.2, -0.15) is 0 Å². The van der Waals surface area contributed by atoms with Crippen molar-refractivity contribution < 1.29 is 28.5 Å². The Morgan fingerprint density at radius 2 is 1.85 bits per heavy atom. The Kier molecular flexibility index (Phi) is 4.32. The fourth-order valence-electron chi connectivity index (χ4n) is 5.56. The lowest BCUT2D eigenvalue weighted by atomic mass is 9.68. The molecule has 9 heteroatoms. The van der Waals surface area contributed by atoms with E-state index in [1.165, 1.54) is 0 Å². The van der Waals surface area contributed by atoms with Crippen LogP contribution in [0.4, 0.5) is 0 Å². The third kappa shape index (κ3) is 3.36. The topological polar surface area (TPSA) is 149 Å². The van der Waals surface area contributed by atoms with Crippen molar-refractivity contribution in [3.63, 3.8) is 0 Å². The summed E-state index contributed by atoms with van der Waals surface area (Å²) in [5, 5.41) is 0. The zero-order chi connectivity index (χ0) is 19.6. The number of hydrogen-bond acceptors (Lipinski definition) is 9. The average Bonchev–Trinajstić information content (AvgIpc) is 3.12. The molecule has 5 fully saturated rings. The Morgan fingerprint density at radius 3 is 2.44 bits per heavy atom. The molecule has 5 aliphatic rings. The Hall–Kier alpha value is -1.26. The van der Waals surface area contributed by atoms with E-state index in [2.05, 4.69) is 0 Å². The maximum absolute atomic E-state index is 12.9. The van der Waals surface area contributed by atoms with Crippen LogP contribution < -0.4 is 17.2 Å². The molecule has 4 aliphatic carbocycles. The second-order valence-electron chi connectivity index (χ2n) is 9.16. The lowest BCUT2D eigenvalue weighted by Crippen LogP contribution is -2.65. The maximum atomic E-state index is 12.9. The highest BCUT2D eigenvalue weighted by atomic mass is 16.7. The first-order valence-corrected chi connectivity index (χ1v) is 9.56. The molecule has 0 amide bonds. The number of carbonyl (C=O) groups excluding carboxylic acids is 2. The zero-order valence-electron chi connectivity index (χ0n) is 15.8. The van der Waals surface area contributed by atoms with Gasteiger partial charge in [-0.1, -0.05) is 0 Å². The van der Waals surface area contributed by atoms with Crippen molar-refractivity contribution in [3.05, 3.63) is 0 Å². The first kappa shape index (κ1) is 19.1. The first-order valence-electron chi connectivity index (χ1n) is 9.56. The molecule has 27 heavy (non-hydrogen) atoms. The summed E-state index contributed by atoms with van der Waals surface area (Å²) in [6.45, 7) is 4.28. The van der Waals surface area contributed by atoms with Gasteiger partial charge in [0.1, 0.15) is 18.8 Å². The van der Waals surface area contributed by atoms with Gasteiger partial charge in [0.15, 0.2) is 5.79 Å². The van der Waals surface area contributed by atoms with E-state index < -0.39 is 23.0 Å². The largest absolute Gasteiger partial charge is 0.462 e. The minimum absolute atomic E-state index is 0.117. The quantitative estimate of drug-likeness (QED) is 0.424. The first-order chi connectivity index (χ1) is 12.5. The SMILES string of the molecule is CC1(C)OCC(COC(=O)C23CC4CC(C2)C(OC(=O)C(N)(N)N)C4C3)O1. The van der Waals surface area contributed by atoms with Crippen LogP contribution in [-0.4, -0.2) is 48.9 Å². The number of nitrogens with two attached hydrogens (primary N) is 3. The highest BCUT2D eigenvalue weighted by Crippen LogP contribution is 2.65. The van der Waals surface area contributed by atoms with Crippen molar-refractivity contribution >= 4 is 11.9 Å². The summed E-state index contributed by atoms with van der Waals surface area (Å²) in [6, 6.07) is 0. The third-order valence-electron chi connectivity index (χ3n) is 6.53. The number of carbonyl (C=O) groups is 2. The van der Waals surface area contributed by atoms with Gasteiger partial charge in [-0.25, -0.2) is 4.79 Å². The van der Waals surface area contributed by atoms with E-state index in [0.29, 0.717) is 25.4 Å². The summed E-state index contributed by atoms with van der Waals surface area (Å²) >= 11 is 0. The normalized spacial score (nSPS) is 41.7. The van der Waals surface area contributed by atoms with Crippen LogP contribution in [0.5, 0.6) is 0 Å². The van der Waals surface area contributed by atoms with Crippen molar-refractivity contribution in [2.24, 2.45) is 40.4 Å². The Bertz CT molecular complexity index is 643. The molecule has 6 atom stereocenters. The van der Waals surface area contributed by atoms with E-state index >= 15 is 0 Å². The predicted molar refractivity (Wildman–Crippen MR) is 92.4 cm³/mol. The summed E-state index contributed by atoms with van der Waals surface area (Å²) in [4.78, 5) is 24.8. The number of ether oxygens (including phenoxy) is 4. The van der Waals surface area contributed by atoms with Crippen LogP contribution in [0.2, 0.25) is 0 Å². The fraction of sp³-hybridized carbons (Fsp3) is 0.889. The van der Waals surface area contributed by atoms with Gasteiger partial charge >= 0.3 is 11.9 Å². The smallest absolute Gasteiger partial charge is 0.356 e. The summed E-state index contributed by atoms with van der Waals surface area (Å²) in [5.74, 6) is -3.01. The van der Waals surface area contributed by atoms with Crippen molar-refractivity contribution in [1.29, 1.82) is 0 Å². The Balaban J connectivity index is 1.36. The average molecular weight is 383 g/mol. The van der Waals surface area contributed by atoms with Crippen molar-refractivity contribution in [3.8, 4) is 0 Å². The van der Waals surface area contributed by atoms with Crippen molar-refractivity contribution in [1.82, 2.24) is 0 Å². The van der Waals surface area contributed by atoms with Gasteiger partial charge in [0, 0.05) is 5.92 Å². The van der Waals surface area contributed by atoms with E-state index in [1.807, 2.05) is 13.8 Å². The van der Waals surface area contributed by atoms with Gasteiger partial charge in [-0.05, 0) is 51.4 Å². The summed E-state index contributed by atoms with van der Waals surface area (Å²) in [5.41, 5.74) is 15.8. The van der Waals surface area contributed by atoms with E-state index in [-0.39, 0.29) is 36.6 Å². The highest BCUT2D eigenvalue weighted by molar-refractivity contribution is 5.80. The molecule has 0 aromatic rings. The van der Waals surface area contributed by atoms with Crippen molar-refractivity contribution in [2.75, 3.05) is 13.2 Å². The van der Waals surface area contributed by atoms with Gasteiger partial charge in [0.2, 0.25) is 5.79 Å². The lowest BCUT2D eigenvalue weighted by Gasteiger charge is -2.39. The number of rotatable bonds is 5. The fourth-order valence-corrected chi connectivity index (χ4v) is 5.56. The molecule has 6 N–H and O–H groups in total. The van der Waals surface area contributed by atoms with Crippen LogP contribution in [0.3, 0.4) is 0 Å². The molecule has 1 saturated heterocycles. The zero-order valence-corrected chi connectivity index (χ0v) is 15.8. The van der Waals surface area contributed by atoms with E-state index in [4.69, 9.17) is 36.1 Å². The van der Waals surface area contributed by atoms with Gasteiger partial charge in [0.05, 0.1) is 12.0 Å². The molecule has 0 radical (unpaired) electrons. The molecule has 1 aliphatic heterocycles. The molecule has 1 heterocycles. The number of hydrogen-bond donors (Lipinski definition) is 3. The molecular formula is C18H29N3O6. The van der Waals surface area contributed by atoms with Gasteiger partial charge < -0.3 is 18.9 Å². The summed E-state index contributed by atoms with van der Waals surface area (Å²) < 4.78 is 22.3. The molecule has 0 aromatic carbocycles. The van der Waals surface area contributed by atoms with Gasteiger partial charge in [-0.3, -0.25) is 22.0 Å². The highest BCUT2D eigenvalue weighted by Gasteiger charge is 2.65. The predicted octanol–water partition coefficient (Wildman–Crippen LogP) is -0.441. The molecule has 5 rings (SSSR count). The van der Waals surface area contributed by atoms with Crippen LogP contribution in [0, 0.1) is 23.2 Å². The standard InChI is InChI=1S/C18H29N3O6/c1-16(2)25-8-11(27-16)7-24-14(22)17-4-9-3-10(5-17)13(12(9)6-17)26-15(23)18(19,20)21/h9-13H,3-8,19-21H2,1-2H3. The third-order valence-corrected chi connectivity index (χ3v) is 6.53. The molecule has 0 aromatic heterocycles. The van der Waals surface area contributed by atoms with Crippen LogP contribution in [0.25, 0.3) is 0 Å².